The van der Waals surface area contributed by atoms with Crippen LogP contribution in [0.15, 0.2) is 54.1 Å². The van der Waals surface area contributed by atoms with Gasteiger partial charge in [-0.2, -0.15) is 10.5 Å². The molecule has 0 amide bonds. The molecule has 0 radical (unpaired) electrons. The van der Waals surface area contributed by atoms with Crippen molar-refractivity contribution in [2.24, 2.45) is 0 Å². The standard InChI is InChI=1S/C20H14N4O2/c1-14-19(10-16(11-21)12-22)18-4-2-3-5-20(18)23(14)13-15-6-8-17(9-7-15)24(25)26/h2-10H,13H2,1H3. The molecule has 26 heavy (non-hydrogen) atoms. The summed E-state index contributed by atoms with van der Waals surface area (Å²) in [6.07, 6.45) is 1.60. The van der Waals surface area contributed by atoms with Crippen molar-refractivity contribution >= 4 is 22.7 Å². The second-order valence-corrected chi connectivity index (χ2v) is 5.81. The Balaban J connectivity index is 2.11. The maximum atomic E-state index is 10.8. The lowest BCUT2D eigenvalue weighted by Crippen LogP contribution is -2.02. The van der Waals surface area contributed by atoms with Gasteiger partial charge >= 0.3 is 0 Å². The van der Waals surface area contributed by atoms with Gasteiger partial charge in [-0.05, 0) is 24.6 Å². The molecule has 2 aromatic carbocycles. The van der Waals surface area contributed by atoms with E-state index in [0.29, 0.717) is 6.54 Å². The summed E-state index contributed by atoms with van der Waals surface area (Å²) in [4.78, 5) is 10.4. The number of nitro groups is 1. The molecule has 0 spiro atoms. The van der Waals surface area contributed by atoms with Gasteiger partial charge < -0.3 is 4.57 Å². The van der Waals surface area contributed by atoms with Crippen molar-refractivity contribution < 1.29 is 4.92 Å². The smallest absolute Gasteiger partial charge is 0.269 e. The molecule has 6 heteroatoms. The Hall–Kier alpha value is -3.90. The average Bonchev–Trinajstić information content (AvgIpc) is 2.92. The maximum absolute atomic E-state index is 10.8. The maximum Gasteiger partial charge on any atom is 0.269 e. The fourth-order valence-corrected chi connectivity index (χ4v) is 2.98. The monoisotopic (exact) mass is 342 g/mol. The van der Waals surface area contributed by atoms with E-state index >= 15 is 0 Å². The molecule has 0 aliphatic heterocycles. The molecule has 0 saturated carbocycles. The predicted octanol–water partition coefficient (Wildman–Crippen LogP) is 4.34. The zero-order valence-corrected chi connectivity index (χ0v) is 14.0. The van der Waals surface area contributed by atoms with Gasteiger partial charge in [0.2, 0.25) is 0 Å². The number of nitrogens with zero attached hydrogens (tertiary/aromatic N) is 4. The highest BCUT2D eigenvalue weighted by Crippen LogP contribution is 2.29. The van der Waals surface area contributed by atoms with Gasteiger partial charge in [-0.25, -0.2) is 0 Å². The van der Waals surface area contributed by atoms with E-state index in [9.17, 15) is 10.1 Å². The summed E-state index contributed by atoms with van der Waals surface area (Å²) in [6, 6.07) is 18.0. The number of hydrogen-bond donors (Lipinski definition) is 0. The number of rotatable bonds is 4. The first-order chi connectivity index (χ1) is 12.5. The van der Waals surface area contributed by atoms with E-state index in [1.165, 1.54) is 12.1 Å². The number of benzene rings is 2. The Labute approximate surface area is 150 Å². The van der Waals surface area contributed by atoms with Crippen molar-refractivity contribution in [1.82, 2.24) is 4.57 Å². The van der Waals surface area contributed by atoms with Crippen molar-refractivity contribution in [1.29, 1.82) is 10.5 Å². The van der Waals surface area contributed by atoms with Gasteiger partial charge in [-0.3, -0.25) is 10.1 Å². The molecule has 3 aromatic rings. The van der Waals surface area contributed by atoms with Gasteiger partial charge in [0.05, 0.1) is 4.92 Å². The first-order valence-corrected chi connectivity index (χ1v) is 7.88. The van der Waals surface area contributed by atoms with Crippen LogP contribution in [0.3, 0.4) is 0 Å². The summed E-state index contributed by atoms with van der Waals surface area (Å²) >= 11 is 0. The van der Waals surface area contributed by atoms with Crippen LogP contribution in [-0.2, 0) is 6.54 Å². The van der Waals surface area contributed by atoms with Crippen LogP contribution < -0.4 is 0 Å². The minimum Gasteiger partial charge on any atom is -0.340 e. The molecule has 0 aliphatic carbocycles. The second kappa shape index (κ2) is 6.92. The minimum absolute atomic E-state index is 0.0475. The molecule has 1 heterocycles. The third kappa shape index (κ3) is 3.04. The zero-order valence-electron chi connectivity index (χ0n) is 14.0. The number of allylic oxidation sites excluding steroid dienone is 1. The second-order valence-electron chi connectivity index (χ2n) is 5.81. The van der Waals surface area contributed by atoms with Crippen LogP contribution in [0, 0.1) is 39.7 Å². The summed E-state index contributed by atoms with van der Waals surface area (Å²) in [6.45, 7) is 2.47. The average molecular weight is 342 g/mol. The van der Waals surface area contributed by atoms with Crippen LogP contribution in [0.5, 0.6) is 0 Å². The molecular formula is C20H14N4O2. The number of nitro benzene ring substituents is 1. The lowest BCUT2D eigenvalue weighted by Gasteiger charge is -2.08. The molecule has 0 fully saturated rings. The molecular weight excluding hydrogens is 328 g/mol. The first-order valence-electron chi connectivity index (χ1n) is 7.88. The summed E-state index contributed by atoms with van der Waals surface area (Å²) in [5.41, 5.74) is 3.76. The Kier molecular flexibility index (Phi) is 4.51. The van der Waals surface area contributed by atoms with E-state index in [1.807, 2.05) is 43.3 Å². The fraction of sp³-hybridized carbons (Fsp3) is 0.100. The molecule has 0 saturated heterocycles. The van der Waals surface area contributed by atoms with E-state index in [1.54, 1.807) is 18.2 Å². The number of aromatic nitrogens is 1. The predicted molar refractivity (Wildman–Crippen MR) is 98.1 cm³/mol. The highest BCUT2D eigenvalue weighted by Gasteiger charge is 2.14. The fourth-order valence-electron chi connectivity index (χ4n) is 2.98. The highest BCUT2D eigenvalue weighted by molar-refractivity contribution is 5.92. The van der Waals surface area contributed by atoms with Crippen molar-refractivity contribution in [2.45, 2.75) is 13.5 Å². The normalized spacial score (nSPS) is 10.1. The molecule has 0 aliphatic rings. The molecule has 0 unspecified atom stereocenters. The van der Waals surface area contributed by atoms with Crippen LogP contribution in [0.4, 0.5) is 5.69 Å². The van der Waals surface area contributed by atoms with E-state index in [2.05, 4.69) is 4.57 Å². The minimum atomic E-state index is -0.422. The highest BCUT2D eigenvalue weighted by atomic mass is 16.6. The molecule has 0 bridgehead atoms. The van der Waals surface area contributed by atoms with Crippen molar-refractivity contribution in [3.63, 3.8) is 0 Å². The number of non-ortho nitro benzene ring substituents is 1. The molecule has 3 rings (SSSR count). The Morgan fingerprint density at radius 2 is 1.81 bits per heavy atom. The quantitative estimate of drug-likeness (QED) is 0.400. The number of para-hydroxylation sites is 1. The lowest BCUT2D eigenvalue weighted by molar-refractivity contribution is -0.384. The third-order valence-electron chi connectivity index (χ3n) is 4.30. The van der Waals surface area contributed by atoms with Crippen LogP contribution in [0.25, 0.3) is 17.0 Å². The van der Waals surface area contributed by atoms with E-state index < -0.39 is 4.92 Å². The van der Waals surface area contributed by atoms with Crippen LogP contribution in [0.2, 0.25) is 0 Å². The number of nitriles is 2. The summed E-state index contributed by atoms with van der Waals surface area (Å²) < 4.78 is 2.08. The van der Waals surface area contributed by atoms with Gasteiger partial charge in [0.25, 0.3) is 5.69 Å². The summed E-state index contributed by atoms with van der Waals surface area (Å²) in [7, 11) is 0. The van der Waals surface area contributed by atoms with Crippen molar-refractivity contribution in [3.05, 3.63) is 81.0 Å². The van der Waals surface area contributed by atoms with Crippen molar-refractivity contribution in [3.8, 4) is 12.1 Å². The molecule has 1 aromatic heterocycles. The lowest BCUT2D eigenvalue weighted by atomic mass is 10.1. The van der Waals surface area contributed by atoms with Crippen LogP contribution in [-0.4, -0.2) is 9.49 Å². The first kappa shape index (κ1) is 16.9. The SMILES string of the molecule is Cc1c(C=C(C#N)C#N)c2ccccc2n1Cc1ccc([N+](=O)[O-])cc1. The van der Waals surface area contributed by atoms with Crippen LogP contribution >= 0.6 is 0 Å². The molecule has 126 valence electrons. The van der Waals surface area contributed by atoms with E-state index in [4.69, 9.17) is 10.5 Å². The number of hydrogen-bond acceptors (Lipinski definition) is 4. The van der Waals surface area contributed by atoms with Gasteiger partial charge in [-0.15, -0.1) is 0 Å². The largest absolute Gasteiger partial charge is 0.340 e. The molecule has 0 atom stereocenters. The third-order valence-corrected chi connectivity index (χ3v) is 4.30. The Bertz CT molecular complexity index is 1090. The number of fused-ring (bicyclic) bond motifs is 1. The Morgan fingerprint density at radius 1 is 1.15 bits per heavy atom. The Morgan fingerprint density at radius 3 is 2.42 bits per heavy atom. The van der Waals surface area contributed by atoms with E-state index in [-0.39, 0.29) is 11.3 Å². The molecule has 0 N–H and O–H groups in total. The van der Waals surface area contributed by atoms with Crippen molar-refractivity contribution in [2.75, 3.05) is 0 Å². The summed E-state index contributed by atoms with van der Waals surface area (Å²) in [5.74, 6) is 0. The van der Waals surface area contributed by atoms with Gasteiger partial charge in [-0.1, -0.05) is 30.3 Å². The summed E-state index contributed by atoms with van der Waals surface area (Å²) in [5, 5.41) is 29.9. The van der Waals surface area contributed by atoms with Gasteiger partial charge in [0.15, 0.2) is 0 Å². The van der Waals surface area contributed by atoms with Gasteiger partial charge in [0.1, 0.15) is 17.7 Å². The van der Waals surface area contributed by atoms with E-state index in [0.717, 1.165) is 27.7 Å². The zero-order chi connectivity index (χ0) is 18.7. The molecule has 6 nitrogen and oxygen atoms in total. The van der Waals surface area contributed by atoms with Gasteiger partial charge in [0, 0.05) is 40.8 Å². The topological polar surface area (TPSA) is 95.7 Å². The van der Waals surface area contributed by atoms with Crippen LogP contribution in [0.1, 0.15) is 16.8 Å².